The Kier molecular flexibility index (Phi) is 5.63. The van der Waals surface area contributed by atoms with Gasteiger partial charge in [-0.05, 0) is 37.2 Å². The van der Waals surface area contributed by atoms with Crippen LogP contribution >= 0.6 is 15.9 Å². The van der Waals surface area contributed by atoms with Gasteiger partial charge in [-0.25, -0.2) is 0 Å². The highest BCUT2D eigenvalue weighted by molar-refractivity contribution is 9.10. The maximum absolute atomic E-state index is 3.53. The predicted molar refractivity (Wildman–Crippen MR) is 78.2 cm³/mol. The van der Waals surface area contributed by atoms with Crippen LogP contribution in [0.15, 0.2) is 28.7 Å². The molecule has 1 aromatic rings. The van der Waals surface area contributed by atoms with Gasteiger partial charge in [0, 0.05) is 24.1 Å². The molecule has 96 valence electrons. The standard InChI is InChI=1S/C14H23BrN2/c1-14(2,11-17(3)4)10-16-9-12-6-5-7-13(15)8-12/h5-8,16H,9-11H2,1-4H3. The molecule has 17 heavy (non-hydrogen) atoms. The number of benzene rings is 1. The summed E-state index contributed by atoms with van der Waals surface area (Å²) in [5, 5.41) is 3.53. The van der Waals surface area contributed by atoms with E-state index in [1.807, 2.05) is 0 Å². The molecular weight excluding hydrogens is 276 g/mol. The fraction of sp³-hybridized carbons (Fsp3) is 0.571. The van der Waals surface area contributed by atoms with Crippen LogP contribution in [0.1, 0.15) is 19.4 Å². The van der Waals surface area contributed by atoms with E-state index in [0.717, 1.165) is 24.1 Å². The van der Waals surface area contributed by atoms with Crippen LogP contribution in [0.25, 0.3) is 0 Å². The zero-order valence-corrected chi connectivity index (χ0v) is 12.8. The minimum Gasteiger partial charge on any atom is -0.312 e. The van der Waals surface area contributed by atoms with Crippen molar-refractivity contribution >= 4 is 15.9 Å². The van der Waals surface area contributed by atoms with Crippen molar-refractivity contribution in [3.8, 4) is 0 Å². The molecule has 0 aliphatic carbocycles. The van der Waals surface area contributed by atoms with E-state index in [9.17, 15) is 0 Å². The van der Waals surface area contributed by atoms with Gasteiger partial charge < -0.3 is 10.2 Å². The van der Waals surface area contributed by atoms with Crippen LogP contribution in [0, 0.1) is 5.41 Å². The van der Waals surface area contributed by atoms with E-state index >= 15 is 0 Å². The molecule has 0 heterocycles. The minimum atomic E-state index is 0.301. The van der Waals surface area contributed by atoms with Gasteiger partial charge in [0.15, 0.2) is 0 Å². The van der Waals surface area contributed by atoms with Gasteiger partial charge in [-0.2, -0.15) is 0 Å². The summed E-state index contributed by atoms with van der Waals surface area (Å²) in [5.41, 5.74) is 1.62. The average molecular weight is 299 g/mol. The molecule has 0 saturated heterocycles. The second-order valence-corrected chi connectivity index (χ2v) is 6.55. The molecule has 0 fully saturated rings. The van der Waals surface area contributed by atoms with Crippen molar-refractivity contribution in [2.24, 2.45) is 5.41 Å². The number of rotatable bonds is 6. The van der Waals surface area contributed by atoms with Crippen LogP contribution in [-0.4, -0.2) is 32.1 Å². The molecule has 0 aliphatic heterocycles. The van der Waals surface area contributed by atoms with Crippen molar-refractivity contribution in [3.63, 3.8) is 0 Å². The van der Waals surface area contributed by atoms with Gasteiger partial charge in [0.2, 0.25) is 0 Å². The lowest BCUT2D eigenvalue weighted by Gasteiger charge is -2.28. The van der Waals surface area contributed by atoms with E-state index < -0.39 is 0 Å². The molecule has 0 unspecified atom stereocenters. The van der Waals surface area contributed by atoms with Gasteiger partial charge in [-0.1, -0.05) is 41.9 Å². The Morgan fingerprint density at radius 1 is 1.29 bits per heavy atom. The van der Waals surface area contributed by atoms with Crippen LogP contribution < -0.4 is 5.32 Å². The Balaban J connectivity index is 2.37. The smallest absolute Gasteiger partial charge is 0.0206 e. The summed E-state index contributed by atoms with van der Waals surface area (Å²) < 4.78 is 1.14. The SMILES string of the molecule is CN(C)CC(C)(C)CNCc1cccc(Br)c1. The first-order chi connectivity index (χ1) is 7.89. The molecule has 0 aliphatic rings. The number of nitrogens with zero attached hydrogens (tertiary/aromatic N) is 1. The maximum Gasteiger partial charge on any atom is 0.0206 e. The minimum absolute atomic E-state index is 0.301. The van der Waals surface area contributed by atoms with Gasteiger partial charge in [0.05, 0.1) is 0 Å². The van der Waals surface area contributed by atoms with Crippen LogP contribution in [0.3, 0.4) is 0 Å². The second-order valence-electron chi connectivity index (χ2n) is 5.64. The summed E-state index contributed by atoms with van der Waals surface area (Å²) in [6, 6.07) is 8.44. The first-order valence-corrected chi connectivity index (χ1v) is 6.78. The Morgan fingerprint density at radius 3 is 2.59 bits per heavy atom. The monoisotopic (exact) mass is 298 g/mol. The summed E-state index contributed by atoms with van der Waals surface area (Å²) in [5.74, 6) is 0. The number of nitrogens with one attached hydrogen (secondary N) is 1. The highest BCUT2D eigenvalue weighted by Gasteiger charge is 2.17. The second kappa shape index (κ2) is 6.53. The van der Waals surface area contributed by atoms with E-state index in [1.54, 1.807) is 0 Å². The average Bonchev–Trinajstić information content (AvgIpc) is 2.15. The van der Waals surface area contributed by atoms with Crippen molar-refractivity contribution in [3.05, 3.63) is 34.3 Å². The van der Waals surface area contributed by atoms with Crippen molar-refractivity contribution < 1.29 is 0 Å². The lowest BCUT2D eigenvalue weighted by atomic mass is 9.93. The zero-order valence-electron chi connectivity index (χ0n) is 11.3. The van der Waals surface area contributed by atoms with Crippen LogP contribution in [0.2, 0.25) is 0 Å². The Bertz CT molecular complexity index is 348. The Morgan fingerprint density at radius 2 is 2.00 bits per heavy atom. The zero-order chi connectivity index (χ0) is 12.9. The third-order valence-electron chi connectivity index (χ3n) is 2.57. The first kappa shape index (κ1) is 14.7. The normalized spacial score (nSPS) is 12.1. The molecule has 0 amide bonds. The molecule has 0 aromatic heterocycles. The summed E-state index contributed by atoms with van der Waals surface area (Å²) in [6.07, 6.45) is 0. The van der Waals surface area contributed by atoms with Crippen molar-refractivity contribution in [2.75, 3.05) is 27.2 Å². The van der Waals surface area contributed by atoms with Gasteiger partial charge >= 0.3 is 0 Å². The van der Waals surface area contributed by atoms with Crippen LogP contribution in [0.5, 0.6) is 0 Å². The van der Waals surface area contributed by atoms with Gasteiger partial charge in [0.25, 0.3) is 0 Å². The number of hydrogen-bond acceptors (Lipinski definition) is 2. The fourth-order valence-corrected chi connectivity index (χ4v) is 2.55. The lowest BCUT2D eigenvalue weighted by Crippen LogP contribution is -2.37. The fourth-order valence-electron chi connectivity index (χ4n) is 2.10. The van der Waals surface area contributed by atoms with Gasteiger partial charge in [-0.15, -0.1) is 0 Å². The summed E-state index contributed by atoms with van der Waals surface area (Å²) in [7, 11) is 4.24. The molecule has 0 bridgehead atoms. The van der Waals surface area contributed by atoms with E-state index in [4.69, 9.17) is 0 Å². The molecular formula is C14H23BrN2. The lowest BCUT2D eigenvalue weighted by molar-refractivity contribution is 0.232. The van der Waals surface area contributed by atoms with E-state index in [0.29, 0.717) is 5.41 Å². The molecule has 3 heteroatoms. The quantitative estimate of drug-likeness (QED) is 0.868. The van der Waals surface area contributed by atoms with E-state index in [1.165, 1.54) is 5.56 Å². The molecule has 0 atom stereocenters. The van der Waals surface area contributed by atoms with Gasteiger partial charge in [0.1, 0.15) is 0 Å². The van der Waals surface area contributed by atoms with Crippen molar-refractivity contribution in [1.29, 1.82) is 0 Å². The van der Waals surface area contributed by atoms with Crippen LogP contribution in [-0.2, 0) is 6.54 Å². The highest BCUT2D eigenvalue weighted by Crippen LogP contribution is 2.15. The third-order valence-corrected chi connectivity index (χ3v) is 3.06. The third kappa shape index (κ3) is 6.20. The molecule has 0 radical (unpaired) electrons. The molecule has 0 spiro atoms. The summed E-state index contributed by atoms with van der Waals surface area (Å²) >= 11 is 3.49. The Labute approximate surface area is 114 Å². The highest BCUT2D eigenvalue weighted by atomic mass is 79.9. The van der Waals surface area contributed by atoms with Crippen molar-refractivity contribution in [1.82, 2.24) is 10.2 Å². The maximum atomic E-state index is 3.53. The van der Waals surface area contributed by atoms with Crippen molar-refractivity contribution in [2.45, 2.75) is 20.4 Å². The molecule has 2 nitrogen and oxygen atoms in total. The largest absolute Gasteiger partial charge is 0.312 e. The summed E-state index contributed by atoms with van der Waals surface area (Å²) in [6.45, 7) is 7.63. The molecule has 0 saturated carbocycles. The molecule has 1 aromatic carbocycles. The van der Waals surface area contributed by atoms with E-state index in [2.05, 4.69) is 78.4 Å². The Hall–Kier alpha value is -0.380. The predicted octanol–water partition coefficient (Wildman–Crippen LogP) is 3.13. The topological polar surface area (TPSA) is 15.3 Å². The van der Waals surface area contributed by atoms with Gasteiger partial charge in [-0.3, -0.25) is 0 Å². The summed E-state index contributed by atoms with van der Waals surface area (Å²) in [4.78, 5) is 2.24. The van der Waals surface area contributed by atoms with Crippen LogP contribution in [0.4, 0.5) is 0 Å². The van der Waals surface area contributed by atoms with E-state index in [-0.39, 0.29) is 0 Å². The number of hydrogen-bond donors (Lipinski definition) is 1. The first-order valence-electron chi connectivity index (χ1n) is 5.99. The number of halogens is 1. The molecule has 1 rings (SSSR count). The molecule has 1 N–H and O–H groups in total.